The monoisotopic (exact) mass is 261 g/mol. The van der Waals surface area contributed by atoms with Crippen LogP contribution in [-0.2, 0) is 27.2 Å². The molecule has 0 N–H and O–H groups in total. The summed E-state index contributed by atoms with van der Waals surface area (Å²) in [5, 5.41) is 0. The van der Waals surface area contributed by atoms with E-state index in [0.29, 0.717) is 6.42 Å². The minimum atomic E-state index is -0.229. The van der Waals surface area contributed by atoms with Crippen molar-refractivity contribution in [3.8, 4) is 0 Å². The van der Waals surface area contributed by atoms with Gasteiger partial charge in [-0.05, 0) is 48.6 Å². The number of amides is 1. The first-order valence-electron chi connectivity index (χ1n) is 6.42. The van der Waals surface area contributed by atoms with Crippen LogP contribution in [0.3, 0.4) is 0 Å². The van der Waals surface area contributed by atoms with Crippen molar-refractivity contribution in [2.45, 2.75) is 33.6 Å². The van der Waals surface area contributed by atoms with Crippen LogP contribution in [-0.4, -0.2) is 25.5 Å². The van der Waals surface area contributed by atoms with Gasteiger partial charge in [0.2, 0.25) is 5.91 Å². The highest BCUT2D eigenvalue weighted by atomic mass is 16.5. The van der Waals surface area contributed by atoms with Gasteiger partial charge in [0.15, 0.2) is 0 Å². The van der Waals surface area contributed by atoms with Crippen molar-refractivity contribution in [3.05, 3.63) is 28.3 Å². The Kier molecular flexibility index (Phi) is 3.60. The molecule has 2 rings (SSSR count). The van der Waals surface area contributed by atoms with Gasteiger partial charge in [-0.15, -0.1) is 0 Å². The van der Waals surface area contributed by atoms with Crippen LogP contribution >= 0.6 is 0 Å². The summed E-state index contributed by atoms with van der Waals surface area (Å²) in [7, 11) is 1.40. The quantitative estimate of drug-likeness (QED) is 0.764. The Balaban J connectivity index is 2.46. The molecule has 0 bridgehead atoms. The minimum absolute atomic E-state index is 0.0678. The molecule has 0 spiro atoms. The number of esters is 1. The van der Waals surface area contributed by atoms with Crippen LogP contribution in [0.2, 0.25) is 0 Å². The van der Waals surface area contributed by atoms with Crippen LogP contribution in [0.5, 0.6) is 0 Å². The molecular formula is C15H19NO3. The molecule has 0 unspecified atom stereocenters. The largest absolute Gasteiger partial charge is 0.469 e. The number of aryl methyl sites for hydroxylation is 1. The van der Waals surface area contributed by atoms with E-state index in [1.165, 1.54) is 12.7 Å². The third-order valence-corrected chi connectivity index (χ3v) is 3.85. The van der Waals surface area contributed by atoms with E-state index in [9.17, 15) is 9.59 Å². The molecule has 4 heteroatoms. The van der Waals surface area contributed by atoms with Gasteiger partial charge in [-0.2, -0.15) is 0 Å². The first kappa shape index (κ1) is 13.6. The fraction of sp³-hybridized carbons (Fsp3) is 0.467. The van der Waals surface area contributed by atoms with Crippen LogP contribution in [0, 0.1) is 13.8 Å². The second-order valence-corrected chi connectivity index (χ2v) is 4.97. The lowest BCUT2D eigenvalue weighted by atomic mass is 9.93. The number of ether oxygens (including phenoxy) is 1. The lowest BCUT2D eigenvalue weighted by Crippen LogP contribution is -2.25. The number of hydrogen-bond acceptors (Lipinski definition) is 3. The highest BCUT2D eigenvalue weighted by molar-refractivity contribution is 5.94. The molecule has 1 aliphatic heterocycles. The molecule has 102 valence electrons. The van der Waals surface area contributed by atoms with E-state index in [0.717, 1.165) is 35.3 Å². The summed E-state index contributed by atoms with van der Waals surface area (Å²) in [6.45, 7) is 6.31. The Morgan fingerprint density at radius 3 is 2.63 bits per heavy atom. The van der Waals surface area contributed by atoms with Gasteiger partial charge in [-0.25, -0.2) is 0 Å². The lowest BCUT2D eigenvalue weighted by molar-refractivity contribution is -0.139. The number of nitrogens with zero attached hydrogens (tertiary/aromatic N) is 1. The highest BCUT2D eigenvalue weighted by Gasteiger charge is 2.26. The van der Waals surface area contributed by atoms with Gasteiger partial charge in [0.25, 0.3) is 0 Å². The number of anilines is 1. The summed E-state index contributed by atoms with van der Waals surface area (Å²) in [5.41, 5.74) is 5.35. The maximum Gasteiger partial charge on any atom is 0.309 e. The van der Waals surface area contributed by atoms with Crippen molar-refractivity contribution in [3.63, 3.8) is 0 Å². The zero-order chi connectivity index (χ0) is 14.2. The number of benzene rings is 1. The molecule has 4 nitrogen and oxygen atoms in total. The molecule has 1 aromatic carbocycles. The van der Waals surface area contributed by atoms with E-state index in [1.807, 2.05) is 19.9 Å². The summed E-state index contributed by atoms with van der Waals surface area (Å²) in [6, 6.07) is 2.01. The van der Waals surface area contributed by atoms with Crippen molar-refractivity contribution < 1.29 is 14.3 Å². The van der Waals surface area contributed by atoms with Gasteiger partial charge in [0.1, 0.15) is 0 Å². The topological polar surface area (TPSA) is 46.6 Å². The molecule has 1 aliphatic rings. The van der Waals surface area contributed by atoms with Gasteiger partial charge in [-0.1, -0.05) is 0 Å². The predicted octanol–water partition coefficient (Wildman–Crippen LogP) is 1.93. The minimum Gasteiger partial charge on any atom is -0.469 e. The van der Waals surface area contributed by atoms with E-state index in [-0.39, 0.29) is 11.9 Å². The molecule has 0 aliphatic carbocycles. The molecule has 0 aromatic heterocycles. The Morgan fingerprint density at radius 2 is 2.05 bits per heavy atom. The van der Waals surface area contributed by atoms with Gasteiger partial charge in [0.05, 0.1) is 13.5 Å². The SMILES string of the molecule is COC(=O)Cc1c(C)cc2c(c1C)CCN2C(C)=O. The van der Waals surface area contributed by atoms with Crippen molar-refractivity contribution in [2.24, 2.45) is 0 Å². The van der Waals surface area contributed by atoms with Crippen LogP contribution < -0.4 is 4.90 Å². The summed E-state index contributed by atoms with van der Waals surface area (Å²) in [5.74, 6) is -0.161. The Labute approximate surface area is 113 Å². The van der Waals surface area contributed by atoms with Crippen molar-refractivity contribution in [1.82, 2.24) is 0 Å². The van der Waals surface area contributed by atoms with Crippen LogP contribution in [0.25, 0.3) is 0 Å². The molecule has 0 saturated heterocycles. The predicted molar refractivity (Wildman–Crippen MR) is 73.4 cm³/mol. The lowest BCUT2D eigenvalue weighted by Gasteiger charge is -2.18. The number of methoxy groups -OCH3 is 1. The summed E-state index contributed by atoms with van der Waals surface area (Å²) in [4.78, 5) is 24.9. The van der Waals surface area contributed by atoms with E-state index in [4.69, 9.17) is 4.74 Å². The summed E-state index contributed by atoms with van der Waals surface area (Å²) >= 11 is 0. The second kappa shape index (κ2) is 5.03. The van der Waals surface area contributed by atoms with E-state index in [1.54, 1.807) is 11.8 Å². The van der Waals surface area contributed by atoms with Crippen molar-refractivity contribution in [1.29, 1.82) is 0 Å². The normalized spacial score (nSPS) is 13.4. The zero-order valence-corrected chi connectivity index (χ0v) is 11.9. The molecule has 1 amide bonds. The van der Waals surface area contributed by atoms with Gasteiger partial charge in [0, 0.05) is 19.2 Å². The molecular weight excluding hydrogens is 242 g/mol. The smallest absolute Gasteiger partial charge is 0.309 e. The number of hydrogen-bond donors (Lipinski definition) is 0. The summed E-state index contributed by atoms with van der Waals surface area (Å²) in [6.07, 6.45) is 1.15. The second-order valence-electron chi connectivity index (χ2n) is 4.97. The maximum absolute atomic E-state index is 11.6. The van der Waals surface area contributed by atoms with Crippen LogP contribution in [0.4, 0.5) is 5.69 Å². The molecule has 19 heavy (non-hydrogen) atoms. The fourth-order valence-electron chi connectivity index (χ4n) is 2.77. The average molecular weight is 261 g/mol. The van der Waals surface area contributed by atoms with E-state index < -0.39 is 0 Å². The van der Waals surface area contributed by atoms with Gasteiger partial charge < -0.3 is 9.64 Å². The van der Waals surface area contributed by atoms with Crippen molar-refractivity contribution >= 4 is 17.6 Å². The molecule has 0 atom stereocenters. The average Bonchev–Trinajstić information content (AvgIpc) is 2.77. The number of carbonyl (C=O) groups is 2. The van der Waals surface area contributed by atoms with E-state index in [2.05, 4.69) is 0 Å². The Bertz CT molecular complexity index is 549. The van der Waals surface area contributed by atoms with Gasteiger partial charge in [-0.3, -0.25) is 9.59 Å². The van der Waals surface area contributed by atoms with Gasteiger partial charge >= 0.3 is 5.97 Å². The van der Waals surface area contributed by atoms with Crippen LogP contribution in [0.1, 0.15) is 29.2 Å². The molecule has 1 aromatic rings. The molecule has 0 fully saturated rings. The first-order valence-corrected chi connectivity index (χ1v) is 6.42. The number of fused-ring (bicyclic) bond motifs is 1. The Hall–Kier alpha value is -1.84. The molecule has 0 saturated carbocycles. The molecule has 1 heterocycles. The maximum atomic E-state index is 11.6. The zero-order valence-electron chi connectivity index (χ0n) is 11.9. The highest BCUT2D eigenvalue weighted by Crippen LogP contribution is 2.34. The number of rotatable bonds is 2. The third-order valence-electron chi connectivity index (χ3n) is 3.85. The first-order chi connectivity index (χ1) is 8.95. The number of carbonyl (C=O) groups excluding carboxylic acids is 2. The van der Waals surface area contributed by atoms with E-state index >= 15 is 0 Å². The summed E-state index contributed by atoms with van der Waals surface area (Å²) < 4.78 is 4.74. The van der Waals surface area contributed by atoms with Crippen molar-refractivity contribution in [2.75, 3.05) is 18.6 Å². The fourth-order valence-corrected chi connectivity index (χ4v) is 2.77. The molecule has 0 radical (unpaired) electrons. The Morgan fingerprint density at radius 1 is 1.37 bits per heavy atom. The van der Waals surface area contributed by atoms with Crippen LogP contribution in [0.15, 0.2) is 6.07 Å². The standard InChI is InChI=1S/C15H19NO3/c1-9-7-14-12(5-6-16(14)11(3)17)10(2)13(9)8-15(18)19-4/h7H,5-6,8H2,1-4H3. The third kappa shape index (κ3) is 2.35.